The average molecular weight is 1190 g/mol. The highest BCUT2D eigenvalue weighted by Gasteiger charge is 2.34. The van der Waals surface area contributed by atoms with Gasteiger partial charge in [-0.2, -0.15) is 5.26 Å². The number of hydrogen-bond acceptors (Lipinski definition) is 25. The molecule has 0 saturated heterocycles. The highest BCUT2D eigenvalue weighted by atomic mass is 32.1. The van der Waals surface area contributed by atoms with E-state index in [1.165, 1.54) is 47.7 Å². The summed E-state index contributed by atoms with van der Waals surface area (Å²) in [6.45, 7) is 11.2. The Hall–Kier alpha value is -10.2. The van der Waals surface area contributed by atoms with E-state index in [4.69, 9.17) is 56.8 Å². The summed E-state index contributed by atoms with van der Waals surface area (Å²) < 4.78 is 65.2. The first-order valence-corrected chi connectivity index (χ1v) is 27.1. The number of nitrogens with zero attached hydrogens (tertiary/aromatic N) is 4. The summed E-state index contributed by atoms with van der Waals surface area (Å²) in [6.07, 6.45) is 6.68. The number of carbonyl (C=O) groups is 8. The van der Waals surface area contributed by atoms with Gasteiger partial charge < -0.3 is 56.8 Å². The lowest BCUT2D eigenvalue weighted by Gasteiger charge is -2.26. The van der Waals surface area contributed by atoms with Crippen LogP contribution >= 0.6 is 11.3 Å². The van der Waals surface area contributed by atoms with Gasteiger partial charge in [-0.25, -0.2) is 24.2 Å². The zero-order valence-corrected chi connectivity index (χ0v) is 46.5. The van der Waals surface area contributed by atoms with Crippen LogP contribution in [0.2, 0.25) is 0 Å². The Balaban J connectivity index is 0.939. The predicted octanol–water partition coefficient (Wildman–Crippen LogP) is 9.66. The van der Waals surface area contributed by atoms with Gasteiger partial charge in [0.05, 0.1) is 52.3 Å². The molecule has 24 nitrogen and oxygen atoms in total. The smallest absolute Gasteiger partial charge is 0.333 e. The third kappa shape index (κ3) is 18.4. The number of thiazole rings is 1. The number of nitriles is 1. The van der Waals surface area contributed by atoms with Gasteiger partial charge in [0, 0.05) is 42.9 Å². The lowest BCUT2D eigenvalue weighted by atomic mass is 9.82. The molecule has 4 aromatic carbocycles. The maximum atomic E-state index is 13.8. The van der Waals surface area contributed by atoms with Crippen molar-refractivity contribution in [2.75, 3.05) is 33.8 Å². The minimum absolute atomic E-state index is 0.00474. The predicted molar refractivity (Wildman–Crippen MR) is 297 cm³/mol. The molecule has 0 spiro atoms. The van der Waals surface area contributed by atoms with E-state index in [9.17, 15) is 43.6 Å². The van der Waals surface area contributed by atoms with Gasteiger partial charge in [0.15, 0.2) is 28.7 Å². The van der Waals surface area contributed by atoms with Crippen LogP contribution < -0.4 is 33.2 Å². The van der Waals surface area contributed by atoms with Crippen molar-refractivity contribution in [1.82, 2.24) is 4.98 Å². The van der Waals surface area contributed by atoms with Crippen LogP contribution in [0.5, 0.6) is 40.2 Å². The van der Waals surface area contributed by atoms with Gasteiger partial charge in [0.25, 0.3) is 0 Å². The fourth-order valence-electron chi connectivity index (χ4n) is 8.56. The first-order chi connectivity index (χ1) is 41.2. The van der Waals surface area contributed by atoms with Crippen molar-refractivity contribution in [3.8, 4) is 46.3 Å². The van der Waals surface area contributed by atoms with E-state index >= 15 is 0 Å². The Labute approximate surface area is 490 Å². The van der Waals surface area contributed by atoms with E-state index in [1.807, 2.05) is 0 Å². The molecule has 0 atom stereocenters. The molecule has 0 bridgehead atoms. The van der Waals surface area contributed by atoms with Gasteiger partial charge in [-0.05, 0) is 112 Å². The first-order valence-electron chi connectivity index (χ1n) is 26.3. The molecule has 0 N–H and O–H groups in total. The third-order valence-corrected chi connectivity index (χ3v) is 14.0. The second kappa shape index (κ2) is 31.3. The van der Waals surface area contributed by atoms with E-state index in [1.54, 1.807) is 36.4 Å². The highest BCUT2D eigenvalue weighted by Crippen LogP contribution is 2.40. The van der Waals surface area contributed by atoms with Gasteiger partial charge in [-0.15, -0.1) is 10.2 Å². The topological polar surface area (TPSA) is 309 Å². The standard InChI is InChI=1S/C60H56N4O20S/c1-5-50(65)78-32-74-45-25-22-43(29-48(45)76-34-80-52(67)7-3)82-57(70)39-13-11-38(12-14-39)56(69)73-28-27-37-19-24-47(54-55(37)85-60(62-54)64-63-42-20-9-36(31-61)10-21-42)84-59(72)41-17-15-40(16-18-41)58(71)83-44-23-26-46(75-33-79-51(66)6-2)49(30-44)77-35-81-53(68)8-4/h5-10,19-26,29-30,38-41H,1-4,11-18,27-28,32-35H2/b64-63+. The molecular formula is C60H56N4O20S. The maximum Gasteiger partial charge on any atom is 0.333 e. The van der Waals surface area contributed by atoms with Crippen LogP contribution in [0.15, 0.2) is 134 Å². The van der Waals surface area contributed by atoms with Crippen molar-refractivity contribution in [3.05, 3.63) is 135 Å². The van der Waals surface area contributed by atoms with E-state index < -0.39 is 98.6 Å². The van der Waals surface area contributed by atoms with Crippen LogP contribution in [-0.2, 0) is 68.5 Å². The number of fused-ring (bicyclic) bond motifs is 1. The van der Waals surface area contributed by atoms with E-state index in [2.05, 4.69) is 47.6 Å². The molecule has 2 saturated carbocycles. The van der Waals surface area contributed by atoms with Crippen molar-refractivity contribution in [2.24, 2.45) is 33.9 Å². The van der Waals surface area contributed by atoms with Crippen LogP contribution in [0.4, 0.5) is 10.8 Å². The van der Waals surface area contributed by atoms with Gasteiger partial charge in [0.1, 0.15) is 17.0 Å². The largest absolute Gasteiger partial charge is 0.465 e. The van der Waals surface area contributed by atoms with Gasteiger partial charge in [-0.1, -0.05) is 43.7 Å². The Morgan fingerprint density at radius 2 is 0.918 bits per heavy atom. The second-order valence-electron chi connectivity index (χ2n) is 18.5. The normalized spacial score (nSPS) is 16.2. The zero-order chi connectivity index (χ0) is 60.7. The summed E-state index contributed by atoms with van der Waals surface area (Å²) in [6, 6.07) is 20.2. The summed E-state index contributed by atoms with van der Waals surface area (Å²) in [7, 11) is 0. The molecule has 5 aromatic rings. The van der Waals surface area contributed by atoms with Crippen molar-refractivity contribution >= 4 is 80.1 Å². The van der Waals surface area contributed by atoms with E-state index in [0.717, 1.165) is 29.9 Å². The van der Waals surface area contributed by atoms with Crippen molar-refractivity contribution in [3.63, 3.8) is 0 Å². The number of esters is 8. The monoisotopic (exact) mass is 1180 g/mol. The molecule has 1 aromatic heterocycles. The number of aromatic nitrogens is 1. The molecule has 0 radical (unpaired) electrons. The number of hydrogen-bond donors (Lipinski definition) is 0. The van der Waals surface area contributed by atoms with Crippen LogP contribution in [-0.4, -0.2) is 86.5 Å². The number of ether oxygens (including phenoxy) is 12. The molecule has 25 heteroatoms. The zero-order valence-electron chi connectivity index (χ0n) is 45.6. The van der Waals surface area contributed by atoms with Crippen molar-refractivity contribution in [2.45, 2.75) is 57.8 Å². The summed E-state index contributed by atoms with van der Waals surface area (Å²) in [5.74, 6) is -6.64. The van der Waals surface area contributed by atoms with Gasteiger partial charge >= 0.3 is 47.8 Å². The molecule has 2 aliphatic rings. The molecule has 0 aliphatic heterocycles. The summed E-state index contributed by atoms with van der Waals surface area (Å²) >= 11 is 1.18. The molecule has 442 valence electrons. The molecule has 85 heavy (non-hydrogen) atoms. The van der Waals surface area contributed by atoms with E-state index in [-0.39, 0.29) is 58.4 Å². The van der Waals surface area contributed by atoms with Crippen LogP contribution in [0.3, 0.4) is 0 Å². The Bertz CT molecular complexity index is 3390. The Kier molecular flexibility index (Phi) is 23.0. The van der Waals surface area contributed by atoms with Crippen molar-refractivity contribution in [1.29, 1.82) is 5.26 Å². The molecule has 0 amide bonds. The molecule has 0 unspecified atom stereocenters. The lowest BCUT2D eigenvalue weighted by Crippen LogP contribution is -2.30. The molecule has 2 fully saturated rings. The quantitative estimate of drug-likeness (QED) is 0.0112. The minimum atomic E-state index is -0.749. The summed E-state index contributed by atoms with van der Waals surface area (Å²) in [4.78, 5) is 105. The highest BCUT2D eigenvalue weighted by molar-refractivity contribution is 7.22. The van der Waals surface area contributed by atoms with Crippen molar-refractivity contribution < 1.29 is 95.2 Å². The second-order valence-corrected chi connectivity index (χ2v) is 19.4. The molecule has 1 heterocycles. The SMILES string of the molecule is C=CC(=O)OCOc1ccc(OC(=O)C2CCC(C(=O)OCCc3ccc(OC(=O)C4CCC(C(=O)Oc5ccc(OCOC(=O)C=C)c(OCOC(=O)C=C)c5)CC4)c4nc(/N=N/c5ccc(C#N)cc5)sc34)CC2)cc1OCOC(=O)C=C. The third-order valence-electron chi connectivity index (χ3n) is 13.0. The summed E-state index contributed by atoms with van der Waals surface area (Å²) in [5.41, 5.74) is 1.95. The van der Waals surface area contributed by atoms with Crippen LogP contribution in [0, 0.1) is 35.0 Å². The number of benzene rings is 4. The van der Waals surface area contributed by atoms with Crippen LogP contribution in [0.25, 0.3) is 10.2 Å². The fraction of sp³-hybridized carbons (Fsp3) is 0.300. The first kappa shape index (κ1) is 62.4. The molecule has 2 aliphatic carbocycles. The van der Waals surface area contributed by atoms with Gasteiger partial charge in [0.2, 0.25) is 32.3 Å². The number of rotatable bonds is 28. The molecule has 7 rings (SSSR count). The maximum absolute atomic E-state index is 13.8. The molecular weight excluding hydrogens is 1130 g/mol. The van der Waals surface area contributed by atoms with Gasteiger partial charge in [-0.3, -0.25) is 19.2 Å². The fourth-order valence-corrected chi connectivity index (χ4v) is 9.50. The average Bonchev–Trinajstić information content (AvgIpc) is 3.50. The number of carbonyl (C=O) groups excluding carboxylic acids is 8. The van der Waals surface area contributed by atoms with E-state index in [0.29, 0.717) is 72.8 Å². The Morgan fingerprint density at radius 1 is 0.506 bits per heavy atom. The van der Waals surface area contributed by atoms with Crippen LogP contribution in [0.1, 0.15) is 62.5 Å². The number of azo groups is 1. The lowest BCUT2D eigenvalue weighted by molar-refractivity contribution is -0.152. The minimum Gasteiger partial charge on any atom is -0.465 e. The Morgan fingerprint density at radius 3 is 1.35 bits per heavy atom. The summed E-state index contributed by atoms with van der Waals surface area (Å²) in [5, 5.41) is 18.1.